The van der Waals surface area contributed by atoms with Crippen molar-refractivity contribution in [2.75, 3.05) is 31.2 Å². The average Bonchev–Trinajstić information content (AvgIpc) is 3.12. The molecule has 5 nitrogen and oxygen atoms in total. The number of likely N-dealkylation sites (tertiary alicyclic amines) is 1. The number of nitrogens with one attached hydrogen (secondary N) is 1. The van der Waals surface area contributed by atoms with E-state index in [1.807, 2.05) is 12.1 Å². The minimum atomic E-state index is -0.406. The molecule has 174 valence electrons. The number of aliphatic imine (C=N–C) groups is 2. The molecule has 2 aliphatic rings. The van der Waals surface area contributed by atoms with E-state index in [1.165, 1.54) is 17.3 Å². The lowest BCUT2D eigenvalue weighted by Crippen LogP contribution is -2.39. The van der Waals surface area contributed by atoms with Crippen LogP contribution in [0.5, 0.6) is 0 Å². The van der Waals surface area contributed by atoms with Crippen LogP contribution in [0.2, 0.25) is 5.02 Å². The van der Waals surface area contributed by atoms with Gasteiger partial charge in [-0.15, -0.1) is 0 Å². The zero-order chi connectivity index (χ0) is 23.6. The van der Waals surface area contributed by atoms with Crippen LogP contribution in [0.1, 0.15) is 44.7 Å². The SMILES string of the molecule is CN1CCC2(CC1)N=C(SCC(=O)Nc1cccc(Cl)c1)C(c1ccc(C(C)(C)C)cc1)=N2. The molecule has 2 aliphatic heterocycles. The van der Waals surface area contributed by atoms with Gasteiger partial charge in [-0.05, 0) is 36.2 Å². The smallest absolute Gasteiger partial charge is 0.234 e. The molecule has 0 radical (unpaired) electrons. The Balaban J connectivity index is 1.53. The number of benzene rings is 2. The van der Waals surface area contributed by atoms with E-state index >= 15 is 0 Å². The maximum absolute atomic E-state index is 12.6. The minimum absolute atomic E-state index is 0.0864. The van der Waals surface area contributed by atoms with E-state index in [1.54, 1.807) is 12.1 Å². The number of thioether (sulfide) groups is 1. The second kappa shape index (κ2) is 9.61. The zero-order valence-corrected chi connectivity index (χ0v) is 21.3. The van der Waals surface area contributed by atoms with E-state index in [0.717, 1.165) is 42.3 Å². The number of hydrogen-bond donors (Lipinski definition) is 1. The fourth-order valence-corrected chi connectivity index (χ4v) is 5.10. The third kappa shape index (κ3) is 5.86. The number of carbonyl (C=O) groups is 1. The highest BCUT2D eigenvalue weighted by atomic mass is 35.5. The van der Waals surface area contributed by atoms with Crippen LogP contribution in [0.3, 0.4) is 0 Å². The molecule has 1 saturated heterocycles. The van der Waals surface area contributed by atoms with Crippen molar-refractivity contribution in [3.05, 3.63) is 64.7 Å². The molecule has 2 aromatic carbocycles. The van der Waals surface area contributed by atoms with Crippen molar-refractivity contribution >= 4 is 45.7 Å². The standard InChI is InChI=1S/C26H31ClN4OS/c1-25(2,3)19-10-8-18(9-11-19)23-24(30-26(29-23)12-14-31(4)15-13-26)33-17-22(32)28-21-7-5-6-20(27)16-21/h5-11,16H,12-15,17H2,1-4H3,(H,28,32). The van der Waals surface area contributed by atoms with Crippen LogP contribution in [0, 0.1) is 0 Å². The normalized spacial score (nSPS) is 18.2. The molecule has 2 heterocycles. The average molecular weight is 483 g/mol. The predicted molar refractivity (Wildman–Crippen MR) is 141 cm³/mol. The highest BCUT2D eigenvalue weighted by molar-refractivity contribution is 8.16. The van der Waals surface area contributed by atoms with Gasteiger partial charge in [-0.25, -0.2) is 4.99 Å². The van der Waals surface area contributed by atoms with Gasteiger partial charge in [0, 0.05) is 42.2 Å². The van der Waals surface area contributed by atoms with Crippen molar-refractivity contribution in [3.63, 3.8) is 0 Å². The summed E-state index contributed by atoms with van der Waals surface area (Å²) < 4.78 is 0. The summed E-state index contributed by atoms with van der Waals surface area (Å²) in [6, 6.07) is 15.8. The fourth-order valence-electron chi connectivity index (χ4n) is 4.04. The summed E-state index contributed by atoms with van der Waals surface area (Å²) in [5, 5.41) is 4.36. The van der Waals surface area contributed by atoms with Crippen LogP contribution < -0.4 is 5.32 Å². The summed E-state index contributed by atoms with van der Waals surface area (Å²) in [5.74, 6) is 0.178. The fraction of sp³-hybridized carbons (Fsp3) is 0.423. The number of carbonyl (C=O) groups excluding carboxylic acids is 1. The third-order valence-electron chi connectivity index (χ3n) is 6.09. The molecule has 1 amide bonds. The molecule has 0 aromatic heterocycles. The molecule has 0 unspecified atom stereocenters. The molecule has 2 aromatic rings. The zero-order valence-electron chi connectivity index (χ0n) is 19.7. The first kappa shape index (κ1) is 24.0. The number of anilines is 1. The van der Waals surface area contributed by atoms with Crippen molar-refractivity contribution in [3.8, 4) is 0 Å². The summed E-state index contributed by atoms with van der Waals surface area (Å²) >= 11 is 7.49. The quantitative estimate of drug-likeness (QED) is 0.614. The Morgan fingerprint density at radius 2 is 1.82 bits per heavy atom. The molecule has 0 atom stereocenters. The monoisotopic (exact) mass is 482 g/mol. The molecule has 4 rings (SSSR count). The number of hydrogen-bond acceptors (Lipinski definition) is 5. The van der Waals surface area contributed by atoms with Crippen LogP contribution in [0.15, 0.2) is 58.5 Å². The van der Waals surface area contributed by atoms with E-state index in [2.05, 4.69) is 62.3 Å². The Bertz CT molecular complexity index is 1080. The van der Waals surface area contributed by atoms with E-state index in [-0.39, 0.29) is 17.1 Å². The highest BCUT2D eigenvalue weighted by Crippen LogP contribution is 2.35. The summed E-state index contributed by atoms with van der Waals surface area (Å²) in [5.41, 5.74) is 3.62. The van der Waals surface area contributed by atoms with E-state index in [0.29, 0.717) is 10.7 Å². The Morgan fingerprint density at radius 3 is 2.45 bits per heavy atom. The van der Waals surface area contributed by atoms with Gasteiger partial charge in [0.15, 0.2) is 5.66 Å². The number of nitrogens with zero attached hydrogens (tertiary/aromatic N) is 3. The molecule has 7 heteroatoms. The first-order chi connectivity index (χ1) is 15.6. The summed E-state index contributed by atoms with van der Waals surface area (Å²) in [6.07, 6.45) is 1.79. The number of amides is 1. The molecule has 1 fully saturated rings. The maximum atomic E-state index is 12.6. The highest BCUT2D eigenvalue weighted by Gasteiger charge is 2.39. The molecule has 33 heavy (non-hydrogen) atoms. The van der Waals surface area contributed by atoms with E-state index < -0.39 is 5.66 Å². The van der Waals surface area contributed by atoms with Gasteiger partial charge in [0.1, 0.15) is 5.04 Å². The van der Waals surface area contributed by atoms with Gasteiger partial charge < -0.3 is 10.2 Å². The molecular formula is C26H31ClN4OS. The molecule has 0 aliphatic carbocycles. The van der Waals surface area contributed by atoms with E-state index in [9.17, 15) is 4.79 Å². The maximum Gasteiger partial charge on any atom is 0.234 e. The largest absolute Gasteiger partial charge is 0.325 e. The minimum Gasteiger partial charge on any atom is -0.325 e. The number of rotatable bonds is 4. The number of halogens is 1. The Morgan fingerprint density at radius 1 is 1.12 bits per heavy atom. The van der Waals surface area contributed by atoms with Gasteiger partial charge in [-0.1, -0.05) is 74.5 Å². The van der Waals surface area contributed by atoms with Crippen LogP contribution in [0.4, 0.5) is 5.69 Å². The topological polar surface area (TPSA) is 57.1 Å². The van der Waals surface area contributed by atoms with Gasteiger partial charge in [-0.2, -0.15) is 0 Å². The van der Waals surface area contributed by atoms with Crippen molar-refractivity contribution in [1.82, 2.24) is 4.90 Å². The van der Waals surface area contributed by atoms with Crippen LogP contribution in [-0.4, -0.2) is 53.1 Å². The predicted octanol–water partition coefficient (Wildman–Crippen LogP) is 5.63. The van der Waals surface area contributed by atoms with Crippen molar-refractivity contribution < 1.29 is 4.79 Å². The van der Waals surface area contributed by atoms with Gasteiger partial charge in [0.25, 0.3) is 0 Å². The van der Waals surface area contributed by atoms with Gasteiger partial charge in [0.2, 0.25) is 5.91 Å². The van der Waals surface area contributed by atoms with Gasteiger partial charge >= 0.3 is 0 Å². The summed E-state index contributed by atoms with van der Waals surface area (Å²) in [4.78, 5) is 25.2. The summed E-state index contributed by atoms with van der Waals surface area (Å²) in [6.45, 7) is 8.57. The summed E-state index contributed by atoms with van der Waals surface area (Å²) in [7, 11) is 2.14. The van der Waals surface area contributed by atoms with Gasteiger partial charge in [0.05, 0.1) is 11.5 Å². The molecule has 0 bridgehead atoms. The molecule has 1 spiro atoms. The van der Waals surface area contributed by atoms with Crippen molar-refractivity contribution in [2.45, 2.75) is 44.7 Å². The lowest BCUT2D eigenvalue weighted by atomic mass is 9.86. The Hall–Kier alpha value is -2.15. The lowest BCUT2D eigenvalue weighted by molar-refractivity contribution is -0.113. The second-order valence-corrected chi connectivity index (χ2v) is 11.2. The molecule has 1 N–H and O–H groups in total. The van der Waals surface area contributed by atoms with Crippen LogP contribution in [-0.2, 0) is 10.2 Å². The van der Waals surface area contributed by atoms with E-state index in [4.69, 9.17) is 21.6 Å². The van der Waals surface area contributed by atoms with Crippen LogP contribution >= 0.6 is 23.4 Å². The van der Waals surface area contributed by atoms with Crippen LogP contribution in [0.25, 0.3) is 0 Å². The first-order valence-corrected chi connectivity index (χ1v) is 12.7. The Kier molecular flexibility index (Phi) is 6.99. The van der Waals surface area contributed by atoms with Crippen molar-refractivity contribution in [1.29, 1.82) is 0 Å². The molecule has 0 saturated carbocycles. The molecular weight excluding hydrogens is 452 g/mol. The lowest BCUT2D eigenvalue weighted by Gasteiger charge is -2.33. The number of piperidine rings is 1. The first-order valence-electron chi connectivity index (χ1n) is 11.3. The Labute approximate surface area is 205 Å². The van der Waals surface area contributed by atoms with Gasteiger partial charge in [-0.3, -0.25) is 9.79 Å². The third-order valence-corrected chi connectivity index (χ3v) is 7.29. The van der Waals surface area contributed by atoms with Crippen molar-refractivity contribution in [2.24, 2.45) is 9.98 Å². The second-order valence-electron chi connectivity index (χ2n) is 9.84.